The SMILES string of the molecule is CN(CC(=O)Nc1ccccc1F)C(=O)c1c[nH]c2ccccc12. The highest BCUT2D eigenvalue weighted by Gasteiger charge is 2.18. The smallest absolute Gasteiger partial charge is 0.256 e. The topological polar surface area (TPSA) is 65.2 Å². The number of hydrogen-bond acceptors (Lipinski definition) is 2. The normalized spacial score (nSPS) is 10.6. The Balaban J connectivity index is 1.70. The van der Waals surface area contributed by atoms with Crippen LogP contribution in [0.2, 0.25) is 0 Å². The van der Waals surface area contributed by atoms with Gasteiger partial charge in [0.05, 0.1) is 17.8 Å². The molecule has 24 heavy (non-hydrogen) atoms. The van der Waals surface area contributed by atoms with Crippen LogP contribution in [0.5, 0.6) is 0 Å². The highest BCUT2D eigenvalue weighted by atomic mass is 19.1. The molecule has 0 radical (unpaired) electrons. The summed E-state index contributed by atoms with van der Waals surface area (Å²) in [5, 5.41) is 3.26. The Labute approximate surface area is 138 Å². The number of aromatic nitrogens is 1. The minimum Gasteiger partial charge on any atom is -0.360 e. The van der Waals surface area contributed by atoms with Gasteiger partial charge < -0.3 is 15.2 Å². The lowest BCUT2D eigenvalue weighted by molar-refractivity contribution is -0.116. The van der Waals surface area contributed by atoms with E-state index in [-0.39, 0.29) is 18.1 Å². The van der Waals surface area contributed by atoms with Crippen LogP contribution in [0.3, 0.4) is 0 Å². The van der Waals surface area contributed by atoms with E-state index in [0.29, 0.717) is 5.56 Å². The van der Waals surface area contributed by atoms with E-state index in [1.165, 1.54) is 30.1 Å². The van der Waals surface area contributed by atoms with Gasteiger partial charge in [0, 0.05) is 24.1 Å². The molecule has 1 heterocycles. The van der Waals surface area contributed by atoms with E-state index in [2.05, 4.69) is 10.3 Å². The quantitative estimate of drug-likeness (QED) is 0.774. The number of amides is 2. The first kappa shape index (κ1) is 15.7. The summed E-state index contributed by atoms with van der Waals surface area (Å²) in [6.07, 6.45) is 1.62. The number of benzene rings is 2. The Kier molecular flexibility index (Phi) is 4.29. The van der Waals surface area contributed by atoms with Crippen LogP contribution in [0.1, 0.15) is 10.4 Å². The van der Waals surface area contributed by atoms with E-state index < -0.39 is 11.7 Å². The lowest BCUT2D eigenvalue weighted by atomic mass is 10.1. The fourth-order valence-electron chi connectivity index (χ4n) is 2.49. The number of aromatic amines is 1. The van der Waals surface area contributed by atoms with Crippen molar-refractivity contribution in [1.82, 2.24) is 9.88 Å². The first-order valence-electron chi connectivity index (χ1n) is 7.42. The molecule has 0 aliphatic heterocycles. The maximum atomic E-state index is 13.5. The number of carbonyl (C=O) groups is 2. The van der Waals surface area contributed by atoms with Gasteiger partial charge in [-0.3, -0.25) is 9.59 Å². The van der Waals surface area contributed by atoms with Crippen LogP contribution in [0, 0.1) is 5.82 Å². The van der Waals surface area contributed by atoms with Crippen LogP contribution in [0.15, 0.2) is 54.7 Å². The molecule has 0 saturated heterocycles. The average Bonchev–Trinajstić information content (AvgIpc) is 3.00. The van der Waals surface area contributed by atoms with Gasteiger partial charge in [0.1, 0.15) is 5.82 Å². The molecule has 0 atom stereocenters. The predicted octanol–water partition coefficient (Wildman–Crippen LogP) is 3.02. The van der Waals surface area contributed by atoms with E-state index >= 15 is 0 Å². The van der Waals surface area contributed by atoms with Crippen molar-refractivity contribution in [2.24, 2.45) is 0 Å². The number of nitrogens with zero attached hydrogens (tertiary/aromatic N) is 1. The van der Waals surface area contributed by atoms with Gasteiger partial charge >= 0.3 is 0 Å². The number of anilines is 1. The van der Waals surface area contributed by atoms with Gasteiger partial charge in [0.2, 0.25) is 5.91 Å². The summed E-state index contributed by atoms with van der Waals surface area (Å²) in [5.41, 5.74) is 1.44. The Bertz CT molecular complexity index is 904. The van der Waals surface area contributed by atoms with Crippen molar-refractivity contribution in [2.75, 3.05) is 18.9 Å². The second kappa shape index (κ2) is 6.54. The summed E-state index contributed by atoms with van der Waals surface area (Å²) >= 11 is 0. The monoisotopic (exact) mass is 325 g/mol. The number of rotatable bonds is 4. The molecule has 122 valence electrons. The number of halogens is 1. The standard InChI is InChI=1S/C18H16FN3O2/c1-22(11-17(23)21-16-9-5-3-7-14(16)19)18(24)13-10-20-15-8-4-2-6-12(13)15/h2-10,20H,11H2,1H3,(H,21,23). The van der Waals surface area contributed by atoms with Gasteiger partial charge in [-0.05, 0) is 18.2 Å². The number of para-hydroxylation sites is 2. The highest BCUT2D eigenvalue weighted by molar-refractivity contribution is 6.08. The summed E-state index contributed by atoms with van der Waals surface area (Å²) in [4.78, 5) is 28.9. The Morgan fingerprint density at radius 1 is 1.12 bits per heavy atom. The predicted molar refractivity (Wildman–Crippen MR) is 90.3 cm³/mol. The number of fused-ring (bicyclic) bond motifs is 1. The van der Waals surface area contributed by atoms with E-state index in [1.807, 2.05) is 24.3 Å². The second-order valence-corrected chi connectivity index (χ2v) is 5.44. The van der Waals surface area contributed by atoms with Crippen molar-refractivity contribution >= 4 is 28.4 Å². The molecule has 1 aromatic heterocycles. The maximum Gasteiger partial charge on any atom is 0.256 e. The van der Waals surface area contributed by atoms with Crippen LogP contribution >= 0.6 is 0 Å². The molecule has 6 heteroatoms. The van der Waals surface area contributed by atoms with Crippen molar-refractivity contribution in [2.45, 2.75) is 0 Å². The largest absolute Gasteiger partial charge is 0.360 e. The number of carbonyl (C=O) groups excluding carboxylic acids is 2. The summed E-state index contributed by atoms with van der Waals surface area (Å²) in [6, 6.07) is 13.3. The lowest BCUT2D eigenvalue weighted by Crippen LogP contribution is -2.35. The Morgan fingerprint density at radius 2 is 1.83 bits per heavy atom. The molecule has 5 nitrogen and oxygen atoms in total. The molecule has 0 fully saturated rings. The number of hydrogen-bond donors (Lipinski definition) is 2. The van der Waals surface area contributed by atoms with Crippen molar-refractivity contribution in [3.05, 3.63) is 66.1 Å². The van der Waals surface area contributed by atoms with Crippen molar-refractivity contribution in [3.63, 3.8) is 0 Å². The van der Waals surface area contributed by atoms with Crippen molar-refractivity contribution in [3.8, 4) is 0 Å². The van der Waals surface area contributed by atoms with Crippen LogP contribution in [0.25, 0.3) is 10.9 Å². The molecule has 2 amide bonds. The molecule has 0 bridgehead atoms. The molecule has 0 saturated carbocycles. The van der Waals surface area contributed by atoms with Crippen LogP contribution in [-0.4, -0.2) is 35.3 Å². The van der Waals surface area contributed by atoms with Crippen molar-refractivity contribution in [1.29, 1.82) is 0 Å². The van der Waals surface area contributed by atoms with Gasteiger partial charge in [0.15, 0.2) is 0 Å². The number of H-pyrrole nitrogens is 1. The molecule has 0 aliphatic carbocycles. The molecule has 0 aliphatic rings. The lowest BCUT2D eigenvalue weighted by Gasteiger charge is -2.16. The van der Waals surface area contributed by atoms with Gasteiger partial charge in [-0.25, -0.2) is 4.39 Å². The maximum absolute atomic E-state index is 13.5. The zero-order valence-corrected chi connectivity index (χ0v) is 13.0. The van der Waals surface area contributed by atoms with Gasteiger partial charge in [-0.2, -0.15) is 0 Å². The Morgan fingerprint density at radius 3 is 2.62 bits per heavy atom. The zero-order chi connectivity index (χ0) is 17.1. The third-order valence-electron chi connectivity index (χ3n) is 3.70. The molecular weight excluding hydrogens is 309 g/mol. The van der Waals surface area contributed by atoms with E-state index in [1.54, 1.807) is 12.3 Å². The Hall–Kier alpha value is -3.15. The fourth-order valence-corrected chi connectivity index (χ4v) is 2.49. The third kappa shape index (κ3) is 3.12. The highest BCUT2D eigenvalue weighted by Crippen LogP contribution is 2.19. The van der Waals surface area contributed by atoms with E-state index in [0.717, 1.165) is 10.9 Å². The molecule has 0 unspecified atom stereocenters. The summed E-state index contributed by atoms with van der Waals surface area (Å²) in [6.45, 7) is -0.174. The van der Waals surface area contributed by atoms with Gasteiger partial charge in [-0.1, -0.05) is 30.3 Å². The molecule has 2 N–H and O–H groups in total. The molecule has 0 spiro atoms. The van der Waals surface area contributed by atoms with E-state index in [9.17, 15) is 14.0 Å². The summed E-state index contributed by atoms with van der Waals surface area (Å²) < 4.78 is 13.5. The van der Waals surface area contributed by atoms with Crippen molar-refractivity contribution < 1.29 is 14.0 Å². The molecule has 3 aromatic rings. The molecule has 3 rings (SSSR count). The molecule has 2 aromatic carbocycles. The number of likely N-dealkylation sites (N-methyl/N-ethyl adjacent to an activating group) is 1. The zero-order valence-electron chi connectivity index (χ0n) is 13.0. The van der Waals surface area contributed by atoms with Crippen LogP contribution in [0.4, 0.5) is 10.1 Å². The fraction of sp³-hybridized carbons (Fsp3) is 0.111. The van der Waals surface area contributed by atoms with Crippen LogP contribution < -0.4 is 5.32 Å². The number of nitrogens with one attached hydrogen (secondary N) is 2. The molecular formula is C18H16FN3O2. The minimum absolute atomic E-state index is 0.0930. The minimum atomic E-state index is -0.517. The van der Waals surface area contributed by atoms with Gasteiger partial charge in [0.25, 0.3) is 5.91 Å². The second-order valence-electron chi connectivity index (χ2n) is 5.44. The summed E-state index contributed by atoms with van der Waals surface area (Å²) in [7, 11) is 1.53. The first-order valence-corrected chi connectivity index (χ1v) is 7.42. The van der Waals surface area contributed by atoms with Gasteiger partial charge in [-0.15, -0.1) is 0 Å². The van der Waals surface area contributed by atoms with Crippen LogP contribution in [-0.2, 0) is 4.79 Å². The average molecular weight is 325 g/mol. The summed E-state index contributed by atoms with van der Waals surface area (Å²) in [5.74, 6) is -1.26. The third-order valence-corrected chi connectivity index (χ3v) is 3.70. The van der Waals surface area contributed by atoms with E-state index in [4.69, 9.17) is 0 Å². The first-order chi connectivity index (χ1) is 11.6.